The van der Waals surface area contributed by atoms with Crippen molar-refractivity contribution in [2.45, 2.75) is 13.8 Å². The Bertz CT molecular complexity index is 620. The largest absolute Gasteiger partial charge is 0.502 e. The maximum Gasteiger partial charge on any atom is 0.347 e. The van der Waals surface area contributed by atoms with Crippen LogP contribution in [0.2, 0.25) is 0 Å². The topological polar surface area (TPSA) is 128 Å². The van der Waals surface area contributed by atoms with Crippen LogP contribution in [0.1, 0.15) is 13.8 Å². The van der Waals surface area contributed by atoms with E-state index in [0.29, 0.717) is 0 Å². The normalized spacial score (nSPS) is 9.65. The van der Waals surface area contributed by atoms with Crippen LogP contribution >= 0.6 is 0 Å². The summed E-state index contributed by atoms with van der Waals surface area (Å²) in [5.41, 5.74) is -0.706. The molecule has 23 heavy (non-hydrogen) atoms. The first-order chi connectivity index (χ1) is 10.9. The lowest BCUT2D eigenvalue weighted by Gasteiger charge is -2.08. The van der Waals surface area contributed by atoms with E-state index in [1.807, 2.05) is 0 Å². The smallest absolute Gasteiger partial charge is 0.347 e. The number of esters is 2. The Labute approximate surface area is 131 Å². The second-order valence-corrected chi connectivity index (χ2v) is 4.10. The third-order valence-electron chi connectivity index (χ3n) is 2.55. The third kappa shape index (κ3) is 4.99. The SMILES string of the molecule is CCOC(=O)C(=CNc1ccc(O)c([N+](=O)[O-])c1)C(=O)OCC. The Balaban J connectivity index is 3.04. The molecule has 0 aliphatic rings. The van der Waals surface area contributed by atoms with Crippen LogP contribution in [0.25, 0.3) is 0 Å². The minimum Gasteiger partial charge on any atom is -0.502 e. The average Bonchev–Trinajstić information content (AvgIpc) is 2.49. The van der Waals surface area contributed by atoms with Gasteiger partial charge in [0.25, 0.3) is 0 Å². The first kappa shape index (κ1) is 18.0. The average molecular weight is 324 g/mol. The monoisotopic (exact) mass is 324 g/mol. The van der Waals surface area contributed by atoms with Crippen molar-refractivity contribution in [2.24, 2.45) is 0 Å². The molecule has 0 unspecified atom stereocenters. The van der Waals surface area contributed by atoms with E-state index in [4.69, 9.17) is 9.47 Å². The molecule has 1 rings (SSSR count). The number of rotatable bonds is 7. The summed E-state index contributed by atoms with van der Waals surface area (Å²) in [6.45, 7) is 3.30. The quantitative estimate of drug-likeness (QED) is 0.148. The molecular formula is C14H16N2O7. The third-order valence-corrected chi connectivity index (χ3v) is 2.55. The van der Waals surface area contributed by atoms with Gasteiger partial charge < -0.3 is 19.9 Å². The van der Waals surface area contributed by atoms with Gasteiger partial charge in [-0.1, -0.05) is 0 Å². The van der Waals surface area contributed by atoms with Crippen molar-refractivity contribution < 1.29 is 29.1 Å². The summed E-state index contributed by atoms with van der Waals surface area (Å²) < 4.78 is 9.49. The number of phenols is 1. The minimum absolute atomic E-state index is 0.0697. The molecule has 0 saturated carbocycles. The summed E-state index contributed by atoms with van der Waals surface area (Å²) >= 11 is 0. The number of benzene rings is 1. The summed E-state index contributed by atoms with van der Waals surface area (Å²) in [6.07, 6.45) is 1.03. The number of nitrogens with one attached hydrogen (secondary N) is 1. The Morgan fingerprint density at radius 3 is 2.30 bits per heavy atom. The van der Waals surface area contributed by atoms with Gasteiger partial charge in [-0.15, -0.1) is 0 Å². The lowest BCUT2D eigenvalue weighted by Crippen LogP contribution is -2.19. The number of nitro benzene ring substituents is 1. The van der Waals surface area contributed by atoms with Gasteiger partial charge >= 0.3 is 17.6 Å². The van der Waals surface area contributed by atoms with E-state index < -0.39 is 28.3 Å². The van der Waals surface area contributed by atoms with Crippen molar-refractivity contribution >= 4 is 23.3 Å². The number of nitro groups is 1. The molecule has 2 N–H and O–H groups in total. The first-order valence-corrected chi connectivity index (χ1v) is 6.69. The number of ether oxygens (including phenoxy) is 2. The molecule has 0 radical (unpaired) electrons. The van der Waals surface area contributed by atoms with Gasteiger partial charge in [0, 0.05) is 18.0 Å². The van der Waals surface area contributed by atoms with Gasteiger partial charge in [0.1, 0.15) is 0 Å². The van der Waals surface area contributed by atoms with Crippen molar-refractivity contribution in [3.63, 3.8) is 0 Å². The molecule has 0 amide bonds. The first-order valence-electron chi connectivity index (χ1n) is 6.69. The Hall–Kier alpha value is -3.10. The fourth-order valence-electron chi connectivity index (χ4n) is 1.53. The van der Waals surface area contributed by atoms with Gasteiger partial charge in [-0.3, -0.25) is 10.1 Å². The number of carbonyl (C=O) groups is 2. The molecule has 0 saturated heterocycles. The van der Waals surface area contributed by atoms with E-state index in [0.717, 1.165) is 18.3 Å². The lowest BCUT2D eigenvalue weighted by molar-refractivity contribution is -0.385. The molecule has 1 aromatic carbocycles. The number of anilines is 1. The molecule has 0 bridgehead atoms. The number of carbonyl (C=O) groups excluding carboxylic acids is 2. The number of hydrogen-bond donors (Lipinski definition) is 2. The van der Waals surface area contributed by atoms with Crippen LogP contribution in [-0.4, -0.2) is 35.2 Å². The van der Waals surface area contributed by atoms with E-state index in [2.05, 4.69) is 5.32 Å². The number of aromatic hydroxyl groups is 1. The Morgan fingerprint density at radius 2 is 1.83 bits per heavy atom. The summed E-state index contributed by atoms with van der Waals surface area (Å²) in [5, 5.41) is 22.7. The predicted octanol–water partition coefficient (Wildman–Crippen LogP) is 1.72. The molecule has 9 heteroatoms. The molecule has 0 aliphatic carbocycles. The molecule has 0 aliphatic heterocycles. The van der Waals surface area contributed by atoms with Crippen LogP contribution in [-0.2, 0) is 19.1 Å². The van der Waals surface area contributed by atoms with E-state index in [-0.39, 0.29) is 24.5 Å². The lowest BCUT2D eigenvalue weighted by atomic mass is 10.2. The molecule has 0 spiro atoms. The predicted molar refractivity (Wildman–Crippen MR) is 79.7 cm³/mol. The van der Waals surface area contributed by atoms with Gasteiger partial charge in [0.05, 0.1) is 18.1 Å². The molecule has 0 heterocycles. The minimum atomic E-state index is -0.883. The molecule has 124 valence electrons. The maximum atomic E-state index is 11.7. The van der Waals surface area contributed by atoms with Crippen molar-refractivity contribution in [1.29, 1.82) is 0 Å². The van der Waals surface area contributed by atoms with Crippen LogP contribution in [0, 0.1) is 10.1 Å². The van der Waals surface area contributed by atoms with Crippen molar-refractivity contribution in [2.75, 3.05) is 18.5 Å². The number of phenolic OH excluding ortho intramolecular Hbond substituents is 1. The standard InChI is InChI=1S/C14H16N2O7/c1-3-22-13(18)10(14(19)23-4-2)8-15-9-5-6-12(17)11(7-9)16(20)21/h5-8,15,17H,3-4H2,1-2H3. The zero-order chi connectivity index (χ0) is 17.4. The second kappa shape index (κ2) is 8.37. The zero-order valence-electron chi connectivity index (χ0n) is 12.6. The highest BCUT2D eigenvalue weighted by Crippen LogP contribution is 2.28. The van der Waals surface area contributed by atoms with Gasteiger partial charge in [0.2, 0.25) is 0 Å². The van der Waals surface area contributed by atoms with Crippen molar-refractivity contribution in [3.05, 3.63) is 40.1 Å². The Morgan fingerprint density at radius 1 is 1.26 bits per heavy atom. The van der Waals surface area contributed by atoms with E-state index in [9.17, 15) is 24.8 Å². The van der Waals surface area contributed by atoms with Crippen molar-refractivity contribution in [1.82, 2.24) is 0 Å². The van der Waals surface area contributed by atoms with Crippen LogP contribution in [0.3, 0.4) is 0 Å². The van der Waals surface area contributed by atoms with Gasteiger partial charge in [-0.05, 0) is 26.0 Å². The van der Waals surface area contributed by atoms with E-state index >= 15 is 0 Å². The zero-order valence-corrected chi connectivity index (χ0v) is 12.6. The highest BCUT2D eigenvalue weighted by Gasteiger charge is 2.21. The van der Waals surface area contributed by atoms with Crippen LogP contribution in [0.5, 0.6) is 5.75 Å². The fraction of sp³-hybridized carbons (Fsp3) is 0.286. The van der Waals surface area contributed by atoms with Gasteiger partial charge in [0.15, 0.2) is 11.3 Å². The van der Waals surface area contributed by atoms with E-state index in [1.165, 1.54) is 6.07 Å². The Kier molecular flexibility index (Phi) is 6.53. The van der Waals surface area contributed by atoms with Gasteiger partial charge in [-0.2, -0.15) is 0 Å². The summed E-state index contributed by atoms with van der Waals surface area (Å²) in [6, 6.07) is 3.51. The van der Waals surface area contributed by atoms with Crippen LogP contribution in [0.4, 0.5) is 11.4 Å². The van der Waals surface area contributed by atoms with Crippen LogP contribution in [0.15, 0.2) is 30.0 Å². The summed E-state index contributed by atoms with van der Waals surface area (Å²) in [4.78, 5) is 33.5. The molecule has 0 fully saturated rings. The molecule has 0 atom stereocenters. The summed E-state index contributed by atoms with van der Waals surface area (Å²) in [7, 11) is 0. The molecular weight excluding hydrogens is 308 g/mol. The molecule has 0 aromatic heterocycles. The van der Waals surface area contributed by atoms with E-state index in [1.54, 1.807) is 13.8 Å². The summed E-state index contributed by atoms with van der Waals surface area (Å²) in [5.74, 6) is -2.26. The number of nitrogens with zero attached hydrogens (tertiary/aromatic N) is 1. The van der Waals surface area contributed by atoms with Crippen molar-refractivity contribution in [3.8, 4) is 5.75 Å². The molecule has 1 aromatic rings. The van der Waals surface area contributed by atoms with Crippen LogP contribution < -0.4 is 5.32 Å². The second-order valence-electron chi connectivity index (χ2n) is 4.10. The van der Waals surface area contributed by atoms with Gasteiger partial charge in [-0.25, -0.2) is 9.59 Å². The highest BCUT2D eigenvalue weighted by molar-refractivity contribution is 6.14. The maximum absolute atomic E-state index is 11.7. The number of hydrogen-bond acceptors (Lipinski definition) is 8. The molecule has 9 nitrogen and oxygen atoms in total. The fourth-order valence-corrected chi connectivity index (χ4v) is 1.53. The highest BCUT2D eigenvalue weighted by atomic mass is 16.6.